The van der Waals surface area contributed by atoms with Gasteiger partial charge in [0.1, 0.15) is 13.2 Å². The predicted octanol–water partition coefficient (Wildman–Crippen LogP) is 0.158. The average molecular weight is 258 g/mol. The lowest BCUT2D eigenvalue weighted by Gasteiger charge is -2.19. The molecule has 0 amide bonds. The summed E-state index contributed by atoms with van der Waals surface area (Å²) in [5, 5.41) is 0. The Morgan fingerprint density at radius 3 is 2.65 bits per heavy atom. The molecule has 94 valence electrons. The molecule has 6 nitrogen and oxygen atoms in total. The van der Waals surface area contributed by atoms with Crippen molar-refractivity contribution in [3.05, 3.63) is 18.2 Å². The van der Waals surface area contributed by atoms with E-state index in [1.54, 1.807) is 18.2 Å². The van der Waals surface area contributed by atoms with Gasteiger partial charge in [-0.25, -0.2) is 8.42 Å². The summed E-state index contributed by atoms with van der Waals surface area (Å²) in [6.45, 7) is 1.05. The monoisotopic (exact) mass is 258 g/mol. The van der Waals surface area contributed by atoms with Gasteiger partial charge in [0.25, 0.3) is 0 Å². The summed E-state index contributed by atoms with van der Waals surface area (Å²) < 4.78 is 36.1. The molecule has 17 heavy (non-hydrogen) atoms. The lowest BCUT2D eigenvalue weighted by atomic mass is 10.3. The lowest BCUT2D eigenvalue weighted by Crippen LogP contribution is -2.22. The van der Waals surface area contributed by atoms with Crippen molar-refractivity contribution in [1.29, 1.82) is 0 Å². The Labute approximate surface area is 99.8 Å². The summed E-state index contributed by atoms with van der Waals surface area (Å²) in [6.07, 6.45) is 0. The van der Waals surface area contributed by atoms with E-state index >= 15 is 0 Å². The Bertz CT molecular complexity index is 501. The van der Waals surface area contributed by atoms with Crippen LogP contribution in [0.2, 0.25) is 0 Å². The van der Waals surface area contributed by atoms with Crippen LogP contribution in [0.4, 0.5) is 5.69 Å². The highest BCUT2D eigenvalue weighted by Crippen LogP contribution is 2.32. The van der Waals surface area contributed by atoms with E-state index in [1.807, 2.05) is 0 Å². The molecule has 0 saturated carbocycles. The lowest BCUT2D eigenvalue weighted by molar-refractivity contribution is 0.171. The smallest absolute Gasteiger partial charge is 0.233 e. The van der Waals surface area contributed by atoms with Crippen molar-refractivity contribution in [1.82, 2.24) is 0 Å². The highest BCUT2D eigenvalue weighted by Gasteiger charge is 2.14. The fraction of sp³-hybridized carbons (Fsp3) is 0.400. The van der Waals surface area contributed by atoms with E-state index in [4.69, 9.17) is 15.2 Å². The number of sulfonamides is 1. The summed E-state index contributed by atoms with van der Waals surface area (Å²) >= 11 is 0. The second kappa shape index (κ2) is 4.80. The Kier molecular flexibility index (Phi) is 3.39. The van der Waals surface area contributed by atoms with Crippen LogP contribution in [-0.4, -0.2) is 33.9 Å². The minimum Gasteiger partial charge on any atom is -0.486 e. The molecule has 0 fully saturated rings. The van der Waals surface area contributed by atoms with Crippen molar-refractivity contribution in [2.45, 2.75) is 0 Å². The van der Waals surface area contributed by atoms with Gasteiger partial charge in [-0.3, -0.25) is 4.72 Å². The van der Waals surface area contributed by atoms with Gasteiger partial charge >= 0.3 is 0 Å². The third-order valence-corrected chi connectivity index (χ3v) is 3.52. The molecule has 1 aliphatic rings. The summed E-state index contributed by atoms with van der Waals surface area (Å²) in [5.41, 5.74) is 5.66. The topological polar surface area (TPSA) is 90.7 Å². The molecule has 0 bridgehead atoms. The van der Waals surface area contributed by atoms with Crippen LogP contribution in [0.25, 0.3) is 0 Å². The van der Waals surface area contributed by atoms with Gasteiger partial charge in [0, 0.05) is 12.6 Å². The van der Waals surface area contributed by atoms with Crippen LogP contribution >= 0.6 is 0 Å². The van der Waals surface area contributed by atoms with Crippen molar-refractivity contribution in [2.24, 2.45) is 5.73 Å². The highest BCUT2D eigenvalue weighted by molar-refractivity contribution is 7.92. The third-order valence-electron chi connectivity index (χ3n) is 2.20. The zero-order valence-corrected chi connectivity index (χ0v) is 10.00. The molecule has 1 aliphatic heterocycles. The molecule has 0 saturated heterocycles. The maximum absolute atomic E-state index is 11.5. The van der Waals surface area contributed by atoms with Crippen LogP contribution in [0.15, 0.2) is 18.2 Å². The molecule has 1 heterocycles. The zero-order chi connectivity index (χ0) is 12.3. The SMILES string of the molecule is NCCS(=O)(=O)Nc1ccc2c(c1)OCCO2. The van der Waals surface area contributed by atoms with Crippen LogP contribution in [0.3, 0.4) is 0 Å². The van der Waals surface area contributed by atoms with E-state index in [0.29, 0.717) is 30.4 Å². The fourth-order valence-electron chi connectivity index (χ4n) is 1.49. The van der Waals surface area contributed by atoms with E-state index in [-0.39, 0.29) is 12.3 Å². The van der Waals surface area contributed by atoms with E-state index in [9.17, 15) is 8.42 Å². The van der Waals surface area contributed by atoms with Crippen molar-refractivity contribution in [3.63, 3.8) is 0 Å². The molecule has 0 aliphatic carbocycles. The first-order valence-electron chi connectivity index (χ1n) is 5.21. The Morgan fingerprint density at radius 2 is 1.94 bits per heavy atom. The van der Waals surface area contributed by atoms with E-state index in [0.717, 1.165) is 0 Å². The molecule has 7 heteroatoms. The number of rotatable bonds is 4. The molecule has 0 atom stereocenters. The maximum Gasteiger partial charge on any atom is 0.233 e. The quantitative estimate of drug-likeness (QED) is 0.802. The maximum atomic E-state index is 11.5. The number of benzene rings is 1. The number of hydrogen-bond acceptors (Lipinski definition) is 5. The van der Waals surface area contributed by atoms with Crippen LogP contribution in [0, 0.1) is 0 Å². The van der Waals surface area contributed by atoms with Crippen LogP contribution in [0.1, 0.15) is 0 Å². The summed E-state index contributed by atoms with van der Waals surface area (Å²) in [4.78, 5) is 0. The zero-order valence-electron chi connectivity index (χ0n) is 9.18. The standard InChI is InChI=1S/C10H14N2O4S/c11-3-6-17(13,14)12-8-1-2-9-10(7-8)16-5-4-15-9/h1-2,7,12H,3-6,11H2. The molecule has 0 aromatic heterocycles. The van der Waals surface area contributed by atoms with Gasteiger partial charge in [-0.05, 0) is 12.1 Å². The van der Waals surface area contributed by atoms with Gasteiger partial charge in [-0.15, -0.1) is 0 Å². The second-order valence-corrected chi connectivity index (χ2v) is 5.41. The van der Waals surface area contributed by atoms with Gasteiger partial charge in [-0.2, -0.15) is 0 Å². The molecule has 2 rings (SSSR count). The highest BCUT2D eigenvalue weighted by atomic mass is 32.2. The van der Waals surface area contributed by atoms with E-state index in [1.165, 1.54) is 0 Å². The van der Waals surface area contributed by atoms with E-state index in [2.05, 4.69) is 4.72 Å². The van der Waals surface area contributed by atoms with Crippen molar-refractivity contribution >= 4 is 15.7 Å². The van der Waals surface area contributed by atoms with Crippen molar-refractivity contribution in [3.8, 4) is 11.5 Å². The van der Waals surface area contributed by atoms with Crippen LogP contribution in [-0.2, 0) is 10.0 Å². The molecule has 0 unspecified atom stereocenters. The van der Waals surface area contributed by atoms with Gasteiger partial charge in [0.05, 0.1) is 11.4 Å². The second-order valence-electron chi connectivity index (χ2n) is 3.57. The minimum atomic E-state index is -3.38. The number of fused-ring (bicyclic) bond motifs is 1. The molecule has 0 spiro atoms. The largest absolute Gasteiger partial charge is 0.486 e. The molecule has 0 radical (unpaired) electrons. The summed E-state index contributed by atoms with van der Waals surface area (Å²) in [5.74, 6) is 1.06. The van der Waals surface area contributed by atoms with Gasteiger partial charge in [0.2, 0.25) is 10.0 Å². The number of anilines is 1. The Hall–Kier alpha value is -1.47. The van der Waals surface area contributed by atoms with Crippen molar-refractivity contribution in [2.75, 3.05) is 30.2 Å². The summed E-state index contributed by atoms with van der Waals surface area (Å²) in [7, 11) is -3.38. The number of hydrogen-bond donors (Lipinski definition) is 2. The molecule has 1 aromatic carbocycles. The number of ether oxygens (including phenoxy) is 2. The Morgan fingerprint density at radius 1 is 1.24 bits per heavy atom. The first-order chi connectivity index (χ1) is 8.11. The van der Waals surface area contributed by atoms with Crippen LogP contribution < -0.4 is 19.9 Å². The van der Waals surface area contributed by atoms with Crippen molar-refractivity contribution < 1.29 is 17.9 Å². The first kappa shape index (κ1) is 12.0. The third kappa shape index (κ3) is 3.01. The molecular weight excluding hydrogens is 244 g/mol. The Balaban J connectivity index is 2.17. The fourth-order valence-corrected chi connectivity index (χ4v) is 2.39. The van der Waals surface area contributed by atoms with Gasteiger partial charge in [-0.1, -0.05) is 0 Å². The van der Waals surface area contributed by atoms with Gasteiger partial charge < -0.3 is 15.2 Å². The minimum absolute atomic E-state index is 0.0832. The predicted molar refractivity (Wildman–Crippen MR) is 63.9 cm³/mol. The normalized spacial score (nSPS) is 14.4. The average Bonchev–Trinajstić information content (AvgIpc) is 2.28. The number of nitrogens with one attached hydrogen (secondary N) is 1. The van der Waals surface area contributed by atoms with E-state index < -0.39 is 10.0 Å². The molecular formula is C10H14N2O4S. The molecule has 1 aromatic rings. The summed E-state index contributed by atoms with van der Waals surface area (Å²) in [6, 6.07) is 4.90. The first-order valence-corrected chi connectivity index (χ1v) is 6.86. The van der Waals surface area contributed by atoms with Crippen LogP contribution in [0.5, 0.6) is 11.5 Å². The molecule has 3 N–H and O–H groups in total. The van der Waals surface area contributed by atoms with Gasteiger partial charge in [0.15, 0.2) is 11.5 Å². The number of nitrogens with two attached hydrogens (primary N) is 1.